The van der Waals surface area contributed by atoms with Gasteiger partial charge in [-0.3, -0.25) is 9.59 Å². The molecule has 1 aromatic heterocycles. The van der Waals surface area contributed by atoms with Crippen molar-refractivity contribution in [3.8, 4) is 11.4 Å². The van der Waals surface area contributed by atoms with Gasteiger partial charge in [-0.1, -0.05) is 5.21 Å². The van der Waals surface area contributed by atoms with Gasteiger partial charge < -0.3 is 20.1 Å². The van der Waals surface area contributed by atoms with Crippen LogP contribution in [-0.2, 0) is 11.3 Å². The second-order valence-corrected chi connectivity index (χ2v) is 7.64. The van der Waals surface area contributed by atoms with Gasteiger partial charge in [-0.25, -0.2) is 17.9 Å². The fraction of sp³-hybridized carbons (Fsp3) is 0.304. The van der Waals surface area contributed by atoms with Gasteiger partial charge in [-0.2, -0.15) is 13.2 Å². The number of rotatable bonds is 12. The molecule has 0 saturated heterocycles. The number of benzene rings is 2. The van der Waals surface area contributed by atoms with Crippen LogP contribution < -0.4 is 15.4 Å². The normalized spacial score (nSPS) is 11.3. The zero-order valence-electron chi connectivity index (χ0n) is 19.5. The number of nitrogens with one attached hydrogen (secondary N) is 2. The molecule has 9 nitrogen and oxygen atoms in total. The lowest BCUT2D eigenvalue weighted by molar-refractivity contribution is -0.123. The highest BCUT2D eigenvalue weighted by Gasteiger charge is 2.28. The Labute approximate surface area is 211 Å². The first-order valence-electron chi connectivity index (χ1n) is 11.0. The summed E-state index contributed by atoms with van der Waals surface area (Å²) in [6.45, 7) is -2.75. The topological polar surface area (TPSA) is 107 Å². The van der Waals surface area contributed by atoms with E-state index in [1.165, 1.54) is 18.3 Å². The molecule has 2 aromatic carbocycles. The molecule has 2 amide bonds. The number of carbonyl (C=O) groups is 2. The molecule has 0 bridgehead atoms. The quantitative estimate of drug-likeness (QED) is 0.268. The van der Waals surface area contributed by atoms with Gasteiger partial charge in [-0.05, 0) is 35.9 Å². The zero-order valence-corrected chi connectivity index (χ0v) is 19.5. The van der Waals surface area contributed by atoms with Gasteiger partial charge in [-0.15, -0.1) is 5.10 Å². The van der Waals surface area contributed by atoms with Gasteiger partial charge in [0.25, 0.3) is 11.8 Å². The number of carbonyl (C=O) groups excluding carboxylic acids is 2. The lowest BCUT2D eigenvalue weighted by Crippen LogP contribution is -2.33. The third kappa shape index (κ3) is 8.47. The largest absolute Gasteiger partial charge is 0.489 e. The minimum atomic E-state index is -4.61. The average molecular weight is 545 g/mol. The van der Waals surface area contributed by atoms with Crippen molar-refractivity contribution < 1.29 is 45.4 Å². The van der Waals surface area contributed by atoms with Crippen molar-refractivity contribution in [1.29, 1.82) is 0 Å². The maximum atomic E-state index is 13.3. The number of halogens is 6. The van der Waals surface area contributed by atoms with Gasteiger partial charge in [0.05, 0.1) is 19.4 Å². The van der Waals surface area contributed by atoms with Crippen molar-refractivity contribution in [2.75, 3.05) is 33.0 Å². The molecule has 0 fully saturated rings. The SMILES string of the molecule is O=C(NCC(F)(F)F)c1ccc(-n2cc(C(=O)NCc3cc(F)cc(F)c3)nn2)c(OCCOCCF)c1. The predicted octanol–water partition coefficient (Wildman–Crippen LogP) is 3.13. The van der Waals surface area contributed by atoms with Crippen LogP contribution >= 0.6 is 0 Å². The van der Waals surface area contributed by atoms with Crippen LogP contribution in [0.5, 0.6) is 5.75 Å². The summed E-state index contributed by atoms with van der Waals surface area (Å²) >= 11 is 0. The van der Waals surface area contributed by atoms with Gasteiger partial charge in [0.1, 0.15) is 42.9 Å². The molecule has 3 aromatic rings. The number of ether oxygens (including phenoxy) is 2. The molecule has 38 heavy (non-hydrogen) atoms. The second-order valence-electron chi connectivity index (χ2n) is 7.64. The van der Waals surface area contributed by atoms with E-state index in [9.17, 15) is 35.9 Å². The summed E-state index contributed by atoms with van der Waals surface area (Å²) in [7, 11) is 0. The van der Waals surface area contributed by atoms with Crippen molar-refractivity contribution in [3.05, 3.63) is 71.1 Å². The number of amides is 2. The maximum absolute atomic E-state index is 13.3. The molecule has 0 aliphatic carbocycles. The molecule has 0 aliphatic heterocycles. The van der Waals surface area contributed by atoms with E-state index in [1.54, 1.807) is 5.32 Å². The molecule has 0 atom stereocenters. The van der Waals surface area contributed by atoms with Crippen LogP contribution in [0.15, 0.2) is 42.6 Å². The molecule has 0 aliphatic rings. The average Bonchev–Trinajstić information content (AvgIpc) is 3.35. The molecule has 0 saturated carbocycles. The number of hydrogen-bond donors (Lipinski definition) is 2. The Morgan fingerprint density at radius 1 is 0.947 bits per heavy atom. The van der Waals surface area contributed by atoms with Gasteiger partial charge in [0.2, 0.25) is 0 Å². The van der Waals surface area contributed by atoms with Crippen molar-refractivity contribution >= 4 is 11.8 Å². The summed E-state index contributed by atoms with van der Waals surface area (Å²) < 4.78 is 87.9. The second kappa shape index (κ2) is 12.9. The van der Waals surface area contributed by atoms with Gasteiger partial charge in [0, 0.05) is 18.2 Å². The third-order valence-corrected chi connectivity index (χ3v) is 4.73. The molecule has 2 N–H and O–H groups in total. The van der Waals surface area contributed by atoms with Crippen LogP contribution in [0.2, 0.25) is 0 Å². The molecular formula is C23H21F6N5O4. The van der Waals surface area contributed by atoms with Crippen molar-refractivity contribution in [2.45, 2.75) is 12.7 Å². The van der Waals surface area contributed by atoms with Crippen LogP contribution in [0.25, 0.3) is 5.69 Å². The van der Waals surface area contributed by atoms with E-state index in [4.69, 9.17) is 9.47 Å². The Kier molecular flexibility index (Phi) is 9.65. The highest BCUT2D eigenvalue weighted by atomic mass is 19.4. The summed E-state index contributed by atoms with van der Waals surface area (Å²) in [4.78, 5) is 24.6. The summed E-state index contributed by atoms with van der Waals surface area (Å²) in [6, 6.07) is 6.48. The molecule has 0 spiro atoms. The van der Waals surface area contributed by atoms with Crippen molar-refractivity contribution in [2.24, 2.45) is 0 Å². The van der Waals surface area contributed by atoms with Crippen LogP contribution in [0, 0.1) is 11.6 Å². The Morgan fingerprint density at radius 3 is 2.37 bits per heavy atom. The van der Waals surface area contributed by atoms with E-state index in [0.29, 0.717) is 6.07 Å². The van der Waals surface area contributed by atoms with E-state index in [-0.39, 0.29) is 54.6 Å². The molecule has 3 rings (SSSR count). The number of aromatic nitrogens is 3. The standard InChI is InChI=1S/C23H21F6N5O4/c24-3-4-37-5-6-38-20-9-15(21(35)31-13-23(27,28)29)1-2-19(20)34-12-18(32-33-34)22(36)30-11-14-7-16(25)10-17(26)8-14/h1-2,7-10,12H,3-6,11,13H2,(H,30,36)(H,31,35). The van der Waals surface area contributed by atoms with E-state index < -0.39 is 42.8 Å². The Bertz CT molecular complexity index is 1250. The highest BCUT2D eigenvalue weighted by Crippen LogP contribution is 2.25. The Balaban J connectivity index is 1.76. The van der Waals surface area contributed by atoms with Crippen LogP contribution in [-0.4, -0.2) is 66.0 Å². The first-order valence-corrected chi connectivity index (χ1v) is 11.0. The van der Waals surface area contributed by atoms with E-state index in [1.807, 2.05) is 0 Å². The maximum Gasteiger partial charge on any atom is 0.405 e. The fourth-order valence-electron chi connectivity index (χ4n) is 3.08. The van der Waals surface area contributed by atoms with Crippen LogP contribution in [0.4, 0.5) is 26.3 Å². The molecule has 0 radical (unpaired) electrons. The molecule has 0 unspecified atom stereocenters. The summed E-state index contributed by atoms with van der Waals surface area (Å²) in [5.41, 5.74) is 0.0131. The minimum Gasteiger partial charge on any atom is -0.489 e. The molecular weight excluding hydrogens is 524 g/mol. The van der Waals surface area contributed by atoms with E-state index >= 15 is 0 Å². The first kappa shape index (κ1) is 28.4. The summed E-state index contributed by atoms with van der Waals surface area (Å²) in [5, 5.41) is 11.8. The minimum absolute atomic E-state index is 0.0133. The van der Waals surface area contributed by atoms with Gasteiger partial charge in [0.15, 0.2) is 5.69 Å². The number of hydrogen-bond acceptors (Lipinski definition) is 6. The first-order chi connectivity index (χ1) is 18.1. The van der Waals surface area contributed by atoms with Gasteiger partial charge >= 0.3 is 6.18 Å². The van der Waals surface area contributed by atoms with Crippen molar-refractivity contribution in [3.63, 3.8) is 0 Å². The lowest BCUT2D eigenvalue weighted by Gasteiger charge is -2.14. The Hall–Kier alpha value is -4.14. The molecule has 1 heterocycles. The summed E-state index contributed by atoms with van der Waals surface area (Å²) in [5.74, 6) is -3.36. The lowest BCUT2D eigenvalue weighted by atomic mass is 10.1. The monoisotopic (exact) mass is 545 g/mol. The summed E-state index contributed by atoms with van der Waals surface area (Å²) in [6.07, 6.45) is -3.41. The van der Waals surface area contributed by atoms with Crippen LogP contribution in [0.1, 0.15) is 26.4 Å². The molecule has 204 valence electrons. The third-order valence-electron chi connectivity index (χ3n) is 4.73. The van der Waals surface area contributed by atoms with Crippen molar-refractivity contribution in [1.82, 2.24) is 25.6 Å². The predicted molar refractivity (Wildman–Crippen MR) is 120 cm³/mol. The number of nitrogens with zero attached hydrogens (tertiary/aromatic N) is 3. The fourth-order valence-corrected chi connectivity index (χ4v) is 3.08. The van der Waals surface area contributed by atoms with E-state index in [0.717, 1.165) is 22.9 Å². The Morgan fingerprint density at radius 2 is 1.68 bits per heavy atom. The van der Waals surface area contributed by atoms with E-state index in [2.05, 4.69) is 15.6 Å². The zero-order chi connectivity index (χ0) is 27.7. The van der Waals surface area contributed by atoms with Crippen LogP contribution in [0.3, 0.4) is 0 Å². The highest BCUT2D eigenvalue weighted by molar-refractivity contribution is 5.95. The number of alkyl halides is 4. The molecule has 15 heteroatoms. The smallest absolute Gasteiger partial charge is 0.405 e.